The maximum Gasteiger partial charge on any atom is 0.387 e. The molecule has 1 aromatic carbocycles. The van der Waals surface area contributed by atoms with Gasteiger partial charge in [0.15, 0.2) is 5.82 Å². The normalized spacial score (nSPS) is 10.9. The molecule has 0 fully saturated rings. The van der Waals surface area contributed by atoms with E-state index in [1.54, 1.807) is 13.1 Å². The van der Waals surface area contributed by atoms with Crippen molar-refractivity contribution in [2.45, 2.75) is 6.61 Å². The maximum atomic E-state index is 12.1. The number of rotatable bonds is 3. The quantitative estimate of drug-likeness (QED) is 0.880. The van der Waals surface area contributed by atoms with Gasteiger partial charge in [-0.15, -0.1) is 0 Å². The lowest BCUT2D eigenvalue weighted by atomic mass is 10.2. The number of anilines is 1. The highest BCUT2D eigenvalue weighted by Crippen LogP contribution is 2.35. The van der Waals surface area contributed by atoms with Crippen molar-refractivity contribution in [1.82, 2.24) is 4.37 Å². The van der Waals surface area contributed by atoms with Gasteiger partial charge in [0.1, 0.15) is 5.75 Å². The van der Waals surface area contributed by atoms with Crippen LogP contribution in [-0.2, 0) is 0 Å². The van der Waals surface area contributed by atoms with Crippen LogP contribution in [0.15, 0.2) is 18.2 Å². The van der Waals surface area contributed by atoms with Crippen LogP contribution in [0.25, 0.3) is 10.1 Å². The Morgan fingerprint density at radius 2 is 2.27 bits per heavy atom. The van der Waals surface area contributed by atoms with E-state index in [1.165, 1.54) is 17.6 Å². The van der Waals surface area contributed by atoms with Crippen molar-refractivity contribution in [2.24, 2.45) is 0 Å². The average Bonchev–Trinajstić information content (AvgIpc) is 2.61. The number of fused-ring (bicyclic) bond motifs is 1. The van der Waals surface area contributed by atoms with Gasteiger partial charge in [-0.3, -0.25) is 0 Å². The third-order valence-corrected chi connectivity index (χ3v) is 2.72. The third-order valence-electron chi connectivity index (χ3n) is 1.91. The van der Waals surface area contributed by atoms with E-state index in [0.29, 0.717) is 11.2 Å². The molecule has 0 amide bonds. The summed E-state index contributed by atoms with van der Waals surface area (Å²) >= 11 is 1.24. The lowest BCUT2D eigenvalue weighted by Crippen LogP contribution is -2.02. The zero-order chi connectivity index (χ0) is 10.8. The molecular weight excluding hydrogens is 222 g/mol. The third kappa shape index (κ3) is 1.85. The van der Waals surface area contributed by atoms with Crippen LogP contribution in [0, 0.1) is 0 Å². The fourth-order valence-electron chi connectivity index (χ4n) is 1.33. The van der Waals surface area contributed by atoms with Crippen molar-refractivity contribution in [3.8, 4) is 5.75 Å². The van der Waals surface area contributed by atoms with E-state index in [2.05, 4.69) is 14.4 Å². The van der Waals surface area contributed by atoms with Gasteiger partial charge in [0.25, 0.3) is 0 Å². The molecule has 2 aromatic rings. The molecule has 0 unspecified atom stereocenters. The molecule has 0 bridgehead atoms. The van der Waals surface area contributed by atoms with Crippen LogP contribution in [0.1, 0.15) is 0 Å². The molecule has 0 atom stereocenters. The van der Waals surface area contributed by atoms with Crippen molar-refractivity contribution in [1.29, 1.82) is 0 Å². The Morgan fingerprint density at radius 3 is 2.93 bits per heavy atom. The molecule has 0 aliphatic rings. The van der Waals surface area contributed by atoms with Gasteiger partial charge in [0.05, 0.1) is 10.1 Å². The number of nitrogens with zero attached hydrogens (tertiary/aromatic N) is 1. The van der Waals surface area contributed by atoms with Crippen LogP contribution in [0.5, 0.6) is 5.75 Å². The first-order valence-electron chi connectivity index (χ1n) is 4.23. The number of alkyl halides is 2. The Morgan fingerprint density at radius 1 is 1.47 bits per heavy atom. The molecule has 80 valence electrons. The minimum absolute atomic E-state index is 0.153. The van der Waals surface area contributed by atoms with Gasteiger partial charge in [0, 0.05) is 7.05 Å². The summed E-state index contributed by atoms with van der Waals surface area (Å²) in [5, 5.41) is 3.44. The average molecular weight is 230 g/mol. The van der Waals surface area contributed by atoms with Crippen molar-refractivity contribution in [2.75, 3.05) is 12.4 Å². The molecule has 6 heteroatoms. The van der Waals surface area contributed by atoms with Gasteiger partial charge < -0.3 is 10.1 Å². The van der Waals surface area contributed by atoms with Gasteiger partial charge in [-0.25, -0.2) is 0 Å². The molecule has 0 radical (unpaired) electrons. The molecular formula is C9H8F2N2OS. The molecule has 1 heterocycles. The summed E-state index contributed by atoms with van der Waals surface area (Å²) in [6.07, 6.45) is 0. The second-order valence-electron chi connectivity index (χ2n) is 2.79. The summed E-state index contributed by atoms with van der Waals surface area (Å²) in [6.45, 7) is -2.82. The van der Waals surface area contributed by atoms with Crippen LogP contribution in [0.2, 0.25) is 0 Å². The standard InChI is InChI=1S/C9H8F2N2OS/c1-12-8-7-5(14-9(10)11)3-2-4-6(7)15-13-8/h2-4,9H,1H3,(H,12,13). The van der Waals surface area contributed by atoms with Crippen LogP contribution in [-0.4, -0.2) is 18.0 Å². The fourth-order valence-corrected chi connectivity index (χ4v) is 2.13. The van der Waals surface area contributed by atoms with E-state index in [4.69, 9.17) is 0 Å². The zero-order valence-electron chi connectivity index (χ0n) is 7.83. The molecule has 15 heavy (non-hydrogen) atoms. The maximum absolute atomic E-state index is 12.1. The monoisotopic (exact) mass is 230 g/mol. The first-order valence-corrected chi connectivity index (χ1v) is 5.00. The van der Waals surface area contributed by atoms with Crippen LogP contribution in [0.3, 0.4) is 0 Å². The molecule has 0 saturated heterocycles. The van der Waals surface area contributed by atoms with Crippen molar-refractivity contribution < 1.29 is 13.5 Å². The fraction of sp³-hybridized carbons (Fsp3) is 0.222. The molecule has 3 nitrogen and oxygen atoms in total. The lowest BCUT2D eigenvalue weighted by molar-refractivity contribution is -0.0487. The first-order chi connectivity index (χ1) is 7.22. The number of aromatic nitrogens is 1. The highest BCUT2D eigenvalue weighted by atomic mass is 32.1. The van der Waals surface area contributed by atoms with Gasteiger partial charge in [-0.2, -0.15) is 13.2 Å². The number of hydrogen-bond donors (Lipinski definition) is 1. The number of nitrogens with one attached hydrogen (secondary N) is 1. The Kier molecular flexibility index (Phi) is 2.68. The molecule has 1 aromatic heterocycles. The van der Waals surface area contributed by atoms with Crippen LogP contribution >= 0.6 is 11.5 Å². The van der Waals surface area contributed by atoms with Gasteiger partial charge in [-0.05, 0) is 23.7 Å². The first kappa shape index (κ1) is 10.1. The molecule has 1 N–H and O–H groups in total. The summed E-state index contributed by atoms with van der Waals surface area (Å²) in [5.41, 5.74) is 0. The number of ether oxygens (including phenoxy) is 1. The van der Waals surface area contributed by atoms with Crippen LogP contribution < -0.4 is 10.1 Å². The zero-order valence-corrected chi connectivity index (χ0v) is 8.65. The minimum atomic E-state index is -2.82. The predicted octanol–water partition coefficient (Wildman–Crippen LogP) is 2.94. The highest BCUT2D eigenvalue weighted by molar-refractivity contribution is 7.13. The summed E-state index contributed by atoms with van der Waals surface area (Å²) in [4.78, 5) is 0. The number of hydrogen-bond acceptors (Lipinski definition) is 4. The Hall–Kier alpha value is -1.43. The Labute approximate surface area is 88.8 Å². The topological polar surface area (TPSA) is 34.2 Å². The van der Waals surface area contributed by atoms with Gasteiger partial charge in [0.2, 0.25) is 0 Å². The lowest BCUT2D eigenvalue weighted by Gasteiger charge is -2.06. The smallest absolute Gasteiger partial charge is 0.387 e. The number of benzene rings is 1. The molecule has 0 spiro atoms. The van der Waals surface area contributed by atoms with Crippen molar-refractivity contribution in [3.63, 3.8) is 0 Å². The van der Waals surface area contributed by atoms with E-state index in [0.717, 1.165) is 4.70 Å². The molecule has 0 aliphatic carbocycles. The highest BCUT2D eigenvalue weighted by Gasteiger charge is 2.13. The number of halogens is 2. The predicted molar refractivity (Wildman–Crippen MR) is 55.8 cm³/mol. The van der Waals surface area contributed by atoms with E-state index in [9.17, 15) is 8.78 Å². The van der Waals surface area contributed by atoms with Crippen molar-refractivity contribution >= 4 is 27.4 Å². The largest absolute Gasteiger partial charge is 0.434 e. The molecule has 2 rings (SSSR count). The van der Waals surface area contributed by atoms with E-state index < -0.39 is 6.61 Å². The molecule has 0 saturated carbocycles. The van der Waals surface area contributed by atoms with E-state index in [1.807, 2.05) is 6.07 Å². The van der Waals surface area contributed by atoms with E-state index >= 15 is 0 Å². The van der Waals surface area contributed by atoms with Crippen LogP contribution in [0.4, 0.5) is 14.6 Å². The van der Waals surface area contributed by atoms with Gasteiger partial charge in [-0.1, -0.05) is 6.07 Å². The Bertz CT molecular complexity index is 472. The van der Waals surface area contributed by atoms with Crippen molar-refractivity contribution in [3.05, 3.63) is 18.2 Å². The SMILES string of the molecule is CNc1nsc2cccc(OC(F)F)c12. The summed E-state index contributed by atoms with van der Waals surface area (Å²) in [5.74, 6) is 0.715. The molecule has 0 aliphatic heterocycles. The summed E-state index contributed by atoms with van der Waals surface area (Å²) in [7, 11) is 1.69. The Balaban J connectivity index is 2.56. The van der Waals surface area contributed by atoms with E-state index in [-0.39, 0.29) is 5.75 Å². The second kappa shape index (κ2) is 3.98. The van der Waals surface area contributed by atoms with Gasteiger partial charge >= 0.3 is 6.61 Å². The summed E-state index contributed by atoms with van der Waals surface area (Å²) in [6, 6.07) is 4.98. The minimum Gasteiger partial charge on any atom is -0.434 e. The second-order valence-corrected chi connectivity index (χ2v) is 3.59. The summed E-state index contributed by atoms with van der Waals surface area (Å²) < 4.78 is 33.6.